The quantitative estimate of drug-likeness (QED) is 0.398. The molecule has 4 heteroatoms. The number of phenols is 1. The maximum absolute atomic E-state index is 9.75. The van der Waals surface area contributed by atoms with Crippen molar-refractivity contribution in [2.75, 3.05) is 26.6 Å². The fraction of sp³-hybridized carbons (Fsp3) is 0.231. The van der Waals surface area contributed by atoms with Crippen molar-refractivity contribution >= 4 is 19.0 Å². The van der Waals surface area contributed by atoms with Crippen LogP contribution in [0.3, 0.4) is 0 Å². The Hall–Kier alpha value is -2.98. The van der Waals surface area contributed by atoms with Crippen LogP contribution in [0.1, 0.15) is 30.0 Å². The number of aromatic hydroxyl groups is 1. The number of ether oxygens (including phenoxy) is 1. The Labute approximate surface area is 181 Å². The van der Waals surface area contributed by atoms with Gasteiger partial charge in [0.15, 0.2) is 0 Å². The van der Waals surface area contributed by atoms with E-state index in [1.54, 1.807) is 12.1 Å². The number of phenolic OH excluding ortho intramolecular Hbond substituents is 1. The molecule has 0 aromatic heterocycles. The molecule has 0 saturated carbocycles. The predicted molar refractivity (Wildman–Crippen MR) is 126 cm³/mol. The molecule has 2 radical (unpaired) electrons. The first-order valence-corrected chi connectivity index (χ1v) is 10.3. The fourth-order valence-corrected chi connectivity index (χ4v) is 3.44. The first-order valence-electron chi connectivity index (χ1n) is 10.3. The molecule has 0 aliphatic heterocycles. The number of allylic oxidation sites excluding steroid dienone is 1. The normalized spacial score (nSPS) is 12.0. The average Bonchev–Trinajstić information content (AvgIpc) is 2.79. The van der Waals surface area contributed by atoms with Gasteiger partial charge in [-0.15, -0.1) is 0 Å². The summed E-state index contributed by atoms with van der Waals surface area (Å²) in [6, 6.07) is 26.1. The van der Waals surface area contributed by atoms with Gasteiger partial charge in [-0.05, 0) is 72.0 Å². The van der Waals surface area contributed by atoms with Crippen LogP contribution in [0, 0.1) is 0 Å². The highest BCUT2D eigenvalue weighted by Gasteiger charge is 2.13. The molecule has 3 aromatic rings. The van der Waals surface area contributed by atoms with E-state index in [0.717, 1.165) is 35.4 Å². The molecular formula is C26H28BNO2. The van der Waals surface area contributed by atoms with Crippen LogP contribution in [-0.2, 0) is 0 Å². The van der Waals surface area contributed by atoms with Gasteiger partial charge in [-0.2, -0.15) is 0 Å². The second-order valence-electron chi connectivity index (χ2n) is 7.26. The minimum atomic E-state index is 0.266. The van der Waals surface area contributed by atoms with E-state index in [-0.39, 0.29) is 5.75 Å². The van der Waals surface area contributed by atoms with Crippen molar-refractivity contribution in [3.8, 4) is 11.5 Å². The van der Waals surface area contributed by atoms with E-state index < -0.39 is 0 Å². The SMILES string of the molecule is [B]CN(C)CCOc1ccc(/C(=C(/CC)c2ccccc2)c2ccc(O)cc2)cc1. The van der Waals surface area contributed by atoms with Crippen LogP contribution >= 0.6 is 0 Å². The van der Waals surface area contributed by atoms with Gasteiger partial charge in [0.2, 0.25) is 0 Å². The van der Waals surface area contributed by atoms with Crippen LogP contribution in [0.5, 0.6) is 11.5 Å². The first-order chi connectivity index (χ1) is 14.6. The lowest BCUT2D eigenvalue weighted by Gasteiger charge is -2.17. The van der Waals surface area contributed by atoms with Crippen molar-refractivity contribution in [3.05, 3.63) is 95.6 Å². The van der Waals surface area contributed by atoms with E-state index in [2.05, 4.69) is 43.3 Å². The summed E-state index contributed by atoms with van der Waals surface area (Å²) in [5.41, 5.74) is 5.82. The molecule has 0 amide bonds. The van der Waals surface area contributed by atoms with Crippen LogP contribution in [0.15, 0.2) is 78.9 Å². The fourth-order valence-electron chi connectivity index (χ4n) is 3.44. The summed E-state index contributed by atoms with van der Waals surface area (Å²) in [5, 5.41) is 9.75. The molecule has 0 aliphatic rings. The zero-order valence-electron chi connectivity index (χ0n) is 17.7. The molecule has 3 nitrogen and oxygen atoms in total. The summed E-state index contributed by atoms with van der Waals surface area (Å²) in [6.07, 6.45) is 1.41. The molecule has 0 aliphatic carbocycles. The van der Waals surface area contributed by atoms with Gasteiger partial charge in [0.05, 0.1) is 7.85 Å². The Morgan fingerprint density at radius 1 is 0.867 bits per heavy atom. The Morgan fingerprint density at radius 3 is 2.03 bits per heavy atom. The molecule has 0 heterocycles. The zero-order valence-corrected chi connectivity index (χ0v) is 17.7. The van der Waals surface area contributed by atoms with E-state index in [1.165, 1.54) is 11.1 Å². The van der Waals surface area contributed by atoms with Gasteiger partial charge in [-0.3, -0.25) is 0 Å². The first kappa shape index (κ1) is 21.7. The molecule has 0 unspecified atom stereocenters. The van der Waals surface area contributed by atoms with Crippen molar-refractivity contribution in [3.63, 3.8) is 0 Å². The Kier molecular flexibility index (Phi) is 7.75. The van der Waals surface area contributed by atoms with Gasteiger partial charge < -0.3 is 14.7 Å². The van der Waals surface area contributed by atoms with Crippen LogP contribution in [0.2, 0.25) is 0 Å². The van der Waals surface area contributed by atoms with Gasteiger partial charge in [-0.25, -0.2) is 0 Å². The summed E-state index contributed by atoms with van der Waals surface area (Å²) in [7, 11) is 7.58. The predicted octanol–water partition coefficient (Wildman–Crippen LogP) is 5.20. The molecule has 3 aromatic carbocycles. The second-order valence-corrected chi connectivity index (χ2v) is 7.26. The van der Waals surface area contributed by atoms with Crippen molar-refractivity contribution in [1.82, 2.24) is 4.90 Å². The van der Waals surface area contributed by atoms with Gasteiger partial charge in [0.25, 0.3) is 0 Å². The molecule has 0 spiro atoms. The van der Waals surface area contributed by atoms with Crippen molar-refractivity contribution in [1.29, 1.82) is 0 Å². The average molecular weight is 397 g/mol. The van der Waals surface area contributed by atoms with Crippen LogP contribution < -0.4 is 4.74 Å². The highest BCUT2D eigenvalue weighted by Crippen LogP contribution is 2.35. The van der Waals surface area contributed by atoms with E-state index in [0.29, 0.717) is 13.1 Å². The number of hydrogen-bond donors (Lipinski definition) is 1. The Morgan fingerprint density at radius 2 is 1.47 bits per heavy atom. The molecule has 1 N–H and O–H groups in total. The number of nitrogens with zero attached hydrogens (tertiary/aromatic N) is 1. The van der Waals surface area contributed by atoms with Crippen molar-refractivity contribution in [2.45, 2.75) is 13.3 Å². The van der Waals surface area contributed by atoms with E-state index in [4.69, 9.17) is 12.6 Å². The third kappa shape index (κ3) is 5.55. The topological polar surface area (TPSA) is 32.7 Å². The van der Waals surface area contributed by atoms with E-state index in [9.17, 15) is 5.11 Å². The van der Waals surface area contributed by atoms with Gasteiger partial charge in [0.1, 0.15) is 18.1 Å². The smallest absolute Gasteiger partial charge is 0.119 e. The number of benzene rings is 3. The molecule has 0 fully saturated rings. The summed E-state index contributed by atoms with van der Waals surface area (Å²) in [4.78, 5) is 2.01. The number of hydrogen-bond acceptors (Lipinski definition) is 3. The second kappa shape index (κ2) is 10.7. The lowest BCUT2D eigenvalue weighted by molar-refractivity contribution is 0.255. The number of likely N-dealkylation sites (N-methyl/N-ethyl adjacent to an activating group) is 1. The molecule has 30 heavy (non-hydrogen) atoms. The monoisotopic (exact) mass is 397 g/mol. The van der Waals surface area contributed by atoms with E-state index >= 15 is 0 Å². The molecule has 3 rings (SSSR count). The Balaban J connectivity index is 1.97. The maximum atomic E-state index is 9.75. The van der Waals surface area contributed by atoms with Crippen LogP contribution in [-0.4, -0.2) is 44.5 Å². The summed E-state index contributed by atoms with van der Waals surface area (Å²) < 4.78 is 5.86. The molecule has 0 saturated heterocycles. The lowest BCUT2D eigenvalue weighted by Crippen LogP contribution is -2.25. The summed E-state index contributed by atoms with van der Waals surface area (Å²) in [5.74, 6) is 1.11. The third-order valence-corrected chi connectivity index (χ3v) is 5.13. The van der Waals surface area contributed by atoms with Crippen LogP contribution in [0.4, 0.5) is 0 Å². The van der Waals surface area contributed by atoms with E-state index in [1.807, 2.05) is 42.3 Å². The highest BCUT2D eigenvalue weighted by atomic mass is 16.5. The maximum Gasteiger partial charge on any atom is 0.119 e. The minimum absolute atomic E-state index is 0.266. The van der Waals surface area contributed by atoms with Crippen molar-refractivity contribution in [2.24, 2.45) is 0 Å². The van der Waals surface area contributed by atoms with Gasteiger partial charge in [-0.1, -0.05) is 61.5 Å². The molecule has 0 atom stereocenters. The minimum Gasteiger partial charge on any atom is -0.508 e. The summed E-state index contributed by atoms with van der Waals surface area (Å²) >= 11 is 0. The van der Waals surface area contributed by atoms with Crippen LogP contribution in [0.25, 0.3) is 11.1 Å². The third-order valence-electron chi connectivity index (χ3n) is 5.13. The zero-order chi connectivity index (χ0) is 21.3. The molecular weight excluding hydrogens is 369 g/mol. The molecule has 0 bridgehead atoms. The van der Waals surface area contributed by atoms with Gasteiger partial charge in [0, 0.05) is 6.54 Å². The number of rotatable bonds is 9. The lowest BCUT2D eigenvalue weighted by atomic mass is 9.88. The highest BCUT2D eigenvalue weighted by molar-refractivity contribution is 6.08. The molecule has 152 valence electrons. The largest absolute Gasteiger partial charge is 0.508 e. The van der Waals surface area contributed by atoms with Gasteiger partial charge >= 0.3 is 0 Å². The Bertz CT molecular complexity index is 951. The standard InChI is InChI=1S/C26H28BNO2/c1-3-25(20-7-5-4-6-8-20)26(21-9-13-23(29)14-10-21)22-11-15-24(16-12-22)30-18-17-28(2)19-27/h4-16,29H,3,17-19H2,1-2H3/b26-25-. The van der Waals surface area contributed by atoms with Crippen molar-refractivity contribution < 1.29 is 9.84 Å². The summed E-state index contributed by atoms with van der Waals surface area (Å²) in [6.45, 7) is 3.55.